The van der Waals surface area contributed by atoms with Crippen molar-refractivity contribution in [3.63, 3.8) is 0 Å². The van der Waals surface area contributed by atoms with Crippen LogP contribution in [0, 0.1) is 6.92 Å². The van der Waals surface area contributed by atoms with E-state index in [-0.39, 0.29) is 11.9 Å². The van der Waals surface area contributed by atoms with Crippen molar-refractivity contribution in [2.24, 2.45) is 0 Å². The number of hydrogen-bond acceptors (Lipinski definition) is 4. The molecule has 2 aromatic carbocycles. The van der Waals surface area contributed by atoms with Gasteiger partial charge in [-0.1, -0.05) is 30.3 Å². The molecule has 1 unspecified atom stereocenters. The highest BCUT2D eigenvalue weighted by Gasteiger charge is 2.13. The Kier molecular flexibility index (Phi) is 4.28. The Bertz CT molecular complexity index is 812. The molecular formula is C18H19N3O2. The number of oxazole rings is 1. The predicted octanol–water partition coefficient (Wildman–Crippen LogP) is 3.25. The van der Waals surface area contributed by atoms with Crippen LogP contribution in [0.15, 0.2) is 52.9 Å². The molecule has 2 N–H and O–H groups in total. The number of nitrogens with one attached hydrogen (secondary N) is 2. The molecule has 0 saturated carbocycles. The molecule has 5 nitrogen and oxygen atoms in total. The minimum absolute atomic E-state index is 0.0507. The lowest BCUT2D eigenvalue weighted by atomic mass is 10.2. The van der Waals surface area contributed by atoms with Gasteiger partial charge in [0.2, 0.25) is 5.91 Å². The molecule has 118 valence electrons. The average molecular weight is 309 g/mol. The van der Waals surface area contributed by atoms with Crippen LogP contribution in [-0.2, 0) is 11.3 Å². The molecule has 23 heavy (non-hydrogen) atoms. The molecule has 0 aliphatic rings. The third kappa shape index (κ3) is 3.69. The molecule has 0 aliphatic carbocycles. The van der Waals surface area contributed by atoms with Crippen molar-refractivity contribution >= 4 is 22.7 Å². The van der Waals surface area contributed by atoms with Gasteiger partial charge in [-0.25, -0.2) is 4.98 Å². The molecule has 1 aromatic heterocycles. The van der Waals surface area contributed by atoms with Gasteiger partial charge in [-0.2, -0.15) is 0 Å². The van der Waals surface area contributed by atoms with Gasteiger partial charge in [0.05, 0.1) is 0 Å². The zero-order valence-electron chi connectivity index (χ0n) is 13.2. The van der Waals surface area contributed by atoms with Crippen LogP contribution < -0.4 is 10.6 Å². The maximum atomic E-state index is 12.2. The molecule has 1 heterocycles. The SMILES string of the molecule is Cc1nc2cc(NC(C)C(=O)NCc3ccccc3)ccc2o1. The van der Waals surface area contributed by atoms with E-state index in [1.165, 1.54) is 0 Å². The number of benzene rings is 2. The number of aryl methyl sites for hydroxylation is 1. The number of nitrogens with zero attached hydrogens (tertiary/aromatic N) is 1. The summed E-state index contributed by atoms with van der Waals surface area (Å²) in [6.45, 7) is 4.17. The predicted molar refractivity (Wildman–Crippen MR) is 90.1 cm³/mol. The van der Waals surface area contributed by atoms with Gasteiger partial charge in [0, 0.05) is 19.2 Å². The van der Waals surface area contributed by atoms with Crippen molar-refractivity contribution in [2.45, 2.75) is 26.4 Å². The quantitative estimate of drug-likeness (QED) is 0.759. The van der Waals surface area contributed by atoms with E-state index in [1.54, 1.807) is 0 Å². The first-order chi connectivity index (χ1) is 11.1. The standard InChI is InChI=1S/C18H19N3O2/c1-12(18(22)19-11-14-6-4-3-5-7-14)20-15-8-9-17-16(10-15)21-13(2)23-17/h3-10,12,20H,11H2,1-2H3,(H,19,22). The largest absolute Gasteiger partial charge is 0.441 e. The summed E-state index contributed by atoms with van der Waals surface area (Å²) >= 11 is 0. The minimum atomic E-state index is -0.343. The van der Waals surface area contributed by atoms with Crippen LogP contribution in [0.5, 0.6) is 0 Å². The van der Waals surface area contributed by atoms with Gasteiger partial charge in [-0.15, -0.1) is 0 Å². The van der Waals surface area contributed by atoms with Crippen molar-refractivity contribution in [1.82, 2.24) is 10.3 Å². The van der Waals surface area contributed by atoms with Crippen LogP contribution in [0.1, 0.15) is 18.4 Å². The number of anilines is 1. The maximum Gasteiger partial charge on any atom is 0.242 e. The van der Waals surface area contributed by atoms with Gasteiger partial charge in [0.15, 0.2) is 11.5 Å². The Morgan fingerprint density at radius 3 is 2.78 bits per heavy atom. The van der Waals surface area contributed by atoms with Crippen LogP contribution >= 0.6 is 0 Å². The number of hydrogen-bond donors (Lipinski definition) is 2. The molecule has 0 spiro atoms. The Labute approximate surface area is 134 Å². The normalized spacial score (nSPS) is 12.1. The van der Waals surface area contributed by atoms with E-state index in [9.17, 15) is 4.79 Å². The number of carbonyl (C=O) groups is 1. The van der Waals surface area contributed by atoms with Gasteiger partial charge in [-0.3, -0.25) is 4.79 Å². The number of amides is 1. The first-order valence-electron chi connectivity index (χ1n) is 7.57. The van der Waals surface area contributed by atoms with Crippen molar-refractivity contribution in [2.75, 3.05) is 5.32 Å². The number of rotatable bonds is 5. The molecule has 0 bridgehead atoms. The Morgan fingerprint density at radius 2 is 2.00 bits per heavy atom. The average Bonchev–Trinajstić information content (AvgIpc) is 2.92. The van der Waals surface area contributed by atoms with Gasteiger partial charge >= 0.3 is 0 Å². The fourth-order valence-electron chi connectivity index (χ4n) is 2.39. The summed E-state index contributed by atoms with van der Waals surface area (Å²) in [5.74, 6) is 0.580. The van der Waals surface area contributed by atoms with E-state index in [4.69, 9.17) is 4.42 Å². The second kappa shape index (κ2) is 6.52. The summed E-state index contributed by atoms with van der Waals surface area (Å²) < 4.78 is 5.44. The van der Waals surface area contributed by atoms with Crippen LogP contribution in [0.2, 0.25) is 0 Å². The van der Waals surface area contributed by atoms with Crippen LogP contribution in [-0.4, -0.2) is 16.9 Å². The number of aromatic nitrogens is 1. The molecule has 1 amide bonds. The second-order valence-electron chi connectivity index (χ2n) is 5.48. The van der Waals surface area contributed by atoms with E-state index in [0.717, 1.165) is 22.4 Å². The van der Waals surface area contributed by atoms with E-state index in [0.29, 0.717) is 12.4 Å². The Morgan fingerprint density at radius 1 is 1.22 bits per heavy atom. The lowest BCUT2D eigenvalue weighted by Gasteiger charge is -2.15. The summed E-state index contributed by atoms with van der Waals surface area (Å²) in [4.78, 5) is 16.5. The summed E-state index contributed by atoms with van der Waals surface area (Å²) in [6.07, 6.45) is 0. The smallest absolute Gasteiger partial charge is 0.242 e. The monoisotopic (exact) mass is 309 g/mol. The molecule has 0 aliphatic heterocycles. The molecule has 1 atom stereocenters. The fraction of sp³-hybridized carbons (Fsp3) is 0.222. The second-order valence-corrected chi connectivity index (χ2v) is 5.48. The zero-order valence-corrected chi connectivity index (χ0v) is 13.2. The van der Waals surface area contributed by atoms with Crippen LogP contribution in [0.4, 0.5) is 5.69 Å². The van der Waals surface area contributed by atoms with Gasteiger partial charge in [0.1, 0.15) is 11.6 Å². The molecular weight excluding hydrogens is 290 g/mol. The first kappa shape index (κ1) is 15.1. The number of carbonyl (C=O) groups excluding carboxylic acids is 1. The molecule has 3 aromatic rings. The van der Waals surface area contributed by atoms with Gasteiger partial charge in [0.25, 0.3) is 0 Å². The molecule has 5 heteroatoms. The van der Waals surface area contributed by atoms with E-state index in [2.05, 4.69) is 15.6 Å². The maximum absolute atomic E-state index is 12.2. The molecule has 0 saturated heterocycles. The highest BCUT2D eigenvalue weighted by Crippen LogP contribution is 2.20. The first-order valence-corrected chi connectivity index (χ1v) is 7.57. The van der Waals surface area contributed by atoms with E-state index < -0.39 is 0 Å². The van der Waals surface area contributed by atoms with E-state index >= 15 is 0 Å². The molecule has 0 radical (unpaired) electrons. The highest BCUT2D eigenvalue weighted by atomic mass is 16.3. The van der Waals surface area contributed by atoms with Crippen molar-refractivity contribution in [3.8, 4) is 0 Å². The van der Waals surface area contributed by atoms with Gasteiger partial charge in [-0.05, 0) is 30.7 Å². The number of fused-ring (bicyclic) bond motifs is 1. The lowest BCUT2D eigenvalue weighted by molar-refractivity contribution is -0.121. The van der Waals surface area contributed by atoms with E-state index in [1.807, 2.05) is 62.4 Å². The Hall–Kier alpha value is -2.82. The van der Waals surface area contributed by atoms with Crippen LogP contribution in [0.3, 0.4) is 0 Å². The lowest BCUT2D eigenvalue weighted by Crippen LogP contribution is -2.37. The molecule has 3 rings (SSSR count). The van der Waals surface area contributed by atoms with Crippen molar-refractivity contribution < 1.29 is 9.21 Å². The summed E-state index contributed by atoms with van der Waals surface area (Å²) in [5.41, 5.74) is 3.44. The summed E-state index contributed by atoms with van der Waals surface area (Å²) in [6, 6.07) is 15.1. The van der Waals surface area contributed by atoms with Crippen molar-refractivity contribution in [3.05, 3.63) is 60.0 Å². The molecule has 0 fully saturated rings. The van der Waals surface area contributed by atoms with Crippen molar-refractivity contribution in [1.29, 1.82) is 0 Å². The topological polar surface area (TPSA) is 67.2 Å². The highest BCUT2D eigenvalue weighted by molar-refractivity contribution is 5.85. The van der Waals surface area contributed by atoms with Gasteiger partial charge < -0.3 is 15.1 Å². The minimum Gasteiger partial charge on any atom is -0.441 e. The zero-order chi connectivity index (χ0) is 16.2. The summed E-state index contributed by atoms with van der Waals surface area (Å²) in [7, 11) is 0. The third-order valence-electron chi connectivity index (χ3n) is 3.58. The Balaban J connectivity index is 1.60. The summed E-state index contributed by atoms with van der Waals surface area (Å²) in [5, 5.41) is 6.11. The van der Waals surface area contributed by atoms with Crippen LogP contribution in [0.25, 0.3) is 11.1 Å². The fourth-order valence-corrected chi connectivity index (χ4v) is 2.39. The third-order valence-corrected chi connectivity index (χ3v) is 3.58.